The third kappa shape index (κ3) is 3.33. The topological polar surface area (TPSA) is 119 Å². The van der Waals surface area contributed by atoms with Crippen molar-refractivity contribution >= 4 is 34.7 Å². The molecular weight excluding hydrogens is 303 g/mol. The molecule has 2 aromatic rings. The number of nitro groups is 1. The van der Waals surface area contributed by atoms with Crippen molar-refractivity contribution < 1.29 is 9.31 Å². The maximum Gasteiger partial charge on any atom is 0.332 e. The van der Waals surface area contributed by atoms with Crippen molar-refractivity contribution in [3.8, 4) is 0 Å². The van der Waals surface area contributed by atoms with Gasteiger partial charge in [-0.05, 0) is 25.1 Å². The fraction of sp³-hybridized carbons (Fsp3) is 0.0909. The van der Waals surface area contributed by atoms with Crippen LogP contribution < -0.4 is 16.6 Å². The molecular formula is C11H10ClFN6O2. The highest BCUT2D eigenvalue weighted by Crippen LogP contribution is 2.30. The van der Waals surface area contributed by atoms with E-state index in [9.17, 15) is 14.5 Å². The molecule has 0 amide bonds. The number of hydrogen-bond acceptors (Lipinski definition) is 7. The predicted molar refractivity (Wildman–Crippen MR) is 75.9 cm³/mol. The van der Waals surface area contributed by atoms with E-state index in [0.717, 1.165) is 12.1 Å². The van der Waals surface area contributed by atoms with Crippen molar-refractivity contribution in [3.05, 3.63) is 44.8 Å². The molecule has 0 unspecified atom stereocenters. The third-order valence-corrected chi connectivity index (χ3v) is 2.71. The fourth-order valence-electron chi connectivity index (χ4n) is 1.70. The Hall–Kier alpha value is -2.52. The molecule has 1 aromatic heterocycles. The largest absolute Gasteiger partial charge is 0.334 e. The van der Waals surface area contributed by atoms with Crippen LogP contribution in [-0.2, 0) is 0 Å². The number of nitrogens with two attached hydrogens (primary N) is 1. The van der Waals surface area contributed by atoms with Gasteiger partial charge in [-0.2, -0.15) is 4.98 Å². The highest BCUT2D eigenvalue weighted by molar-refractivity contribution is 6.30. The summed E-state index contributed by atoms with van der Waals surface area (Å²) in [6, 6.07) is 3.64. The van der Waals surface area contributed by atoms with Gasteiger partial charge in [-0.25, -0.2) is 15.2 Å². The van der Waals surface area contributed by atoms with Gasteiger partial charge in [-0.3, -0.25) is 15.5 Å². The molecule has 2 rings (SSSR count). The minimum atomic E-state index is -0.640. The maximum atomic E-state index is 13.3. The molecule has 0 fully saturated rings. The molecule has 0 aliphatic rings. The number of nitrogens with zero attached hydrogens (tertiary/aromatic N) is 3. The van der Waals surface area contributed by atoms with Crippen LogP contribution in [0.15, 0.2) is 18.2 Å². The first-order chi connectivity index (χ1) is 9.90. The summed E-state index contributed by atoms with van der Waals surface area (Å²) < 4.78 is 13.3. The number of aryl methyl sites for hydroxylation is 1. The van der Waals surface area contributed by atoms with Crippen molar-refractivity contribution in [2.75, 3.05) is 10.7 Å². The first-order valence-electron chi connectivity index (χ1n) is 5.63. The van der Waals surface area contributed by atoms with Crippen molar-refractivity contribution in [2.45, 2.75) is 6.92 Å². The van der Waals surface area contributed by atoms with Crippen LogP contribution in [0.5, 0.6) is 0 Å². The zero-order chi connectivity index (χ0) is 15.6. The summed E-state index contributed by atoms with van der Waals surface area (Å²) in [5, 5.41) is 13.9. The second-order valence-corrected chi connectivity index (χ2v) is 4.45. The number of anilines is 3. The fourth-order valence-corrected chi connectivity index (χ4v) is 1.92. The Bertz CT molecular complexity index is 691. The van der Waals surface area contributed by atoms with Crippen LogP contribution in [0.2, 0.25) is 5.02 Å². The van der Waals surface area contributed by atoms with Gasteiger partial charge in [0.25, 0.3) is 0 Å². The van der Waals surface area contributed by atoms with Gasteiger partial charge in [0.15, 0.2) is 0 Å². The van der Waals surface area contributed by atoms with Crippen LogP contribution >= 0.6 is 11.6 Å². The van der Waals surface area contributed by atoms with E-state index >= 15 is 0 Å². The number of hydrazine groups is 1. The summed E-state index contributed by atoms with van der Waals surface area (Å²) in [5.41, 5.74) is 2.18. The lowest BCUT2D eigenvalue weighted by Crippen LogP contribution is -2.13. The van der Waals surface area contributed by atoms with E-state index in [0.29, 0.717) is 0 Å². The van der Waals surface area contributed by atoms with Crippen LogP contribution in [0.1, 0.15) is 5.69 Å². The number of nitrogen functional groups attached to an aromatic ring is 1. The SMILES string of the molecule is Cc1nc(NN)nc(Nc2cc(F)cc(Cl)c2)c1[N+](=O)[O-]. The molecule has 0 atom stereocenters. The molecule has 0 saturated heterocycles. The van der Waals surface area contributed by atoms with Gasteiger partial charge in [0.05, 0.1) is 4.92 Å². The molecule has 0 aliphatic heterocycles. The van der Waals surface area contributed by atoms with Crippen molar-refractivity contribution in [2.24, 2.45) is 5.84 Å². The van der Waals surface area contributed by atoms with Crippen LogP contribution in [0.25, 0.3) is 0 Å². The summed E-state index contributed by atoms with van der Waals surface area (Å²) in [6.45, 7) is 1.43. The molecule has 1 aromatic carbocycles. The number of halogens is 2. The monoisotopic (exact) mass is 312 g/mol. The Morgan fingerprint density at radius 2 is 2.10 bits per heavy atom. The molecule has 4 N–H and O–H groups in total. The Morgan fingerprint density at radius 1 is 1.38 bits per heavy atom. The lowest BCUT2D eigenvalue weighted by molar-refractivity contribution is -0.385. The summed E-state index contributed by atoms with van der Waals surface area (Å²) in [6.07, 6.45) is 0. The Morgan fingerprint density at radius 3 is 2.67 bits per heavy atom. The second-order valence-electron chi connectivity index (χ2n) is 4.01. The summed E-state index contributed by atoms with van der Waals surface area (Å²) in [7, 11) is 0. The van der Waals surface area contributed by atoms with Gasteiger partial charge in [-0.1, -0.05) is 11.6 Å². The van der Waals surface area contributed by atoms with Gasteiger partial charge in [0.2, 0.25) is 11.8 Å². The van der Waals surface area contributed by atoms with Crippen LogP contribution in [0, 0.1) is 22.9 Å². The number of nitrogens with one attached hydrogen (secondary N) is 2. The number of rotatable bonds is 4. The third-order valence-electron chi connectivity index (χ3n) is 2.50. The molecule has 0 radical (unpaired) electrons. The Kier molecular flexibility index (Phi) is 4.15. The average Bonchev–Trinajstić information content (AvgIpc) is 2.36. The first kappa shape index (κ1) is 14.9. The Balaban J connectivity index is 2.51. The number of benzene rings is 1. The van der Waals surface area contributed by atoms with E-state index in [1.54, 1.807) is 0 Å². The average molecular weight is 313 g/mol. The minimum absolute atomic E-state index is 0.0110. The maximum absolute atomic E-state index is 13.3. The molecule has 10 heteroatoms. The molecule has 0 bridgehead atoms. The summed E-state index contributed by atoms with van der Waals surface area (Å²) in [5.74, 6) is 4.48. The van der Waals surface area contributed by atoms with E-state index in [1.165, 1.54) is 13.0 Å². The number of hydrogen-bond donors (Lipinski definition) is 3. The minimum Gasteiger partial charge on any atom is -0.334 e. The molecule has 21 heavy (non-hydrogen) atoms. The van der Waals surface area contributed by atoms with Gasteiger partial charge in [0, 0.05) is 10.7 Å². The Labute approximate surface area is 123 Å². The van der Waals surface area contributed by atoms with Gasteiger partial charge in [0.1, 0.15) is 11.5 Å². The molecule has 110 valence electrons. The van der Waals surface area contributed by atoms with Crippen LogP contribution in [0.3, 0.4) is 0 Å². The molecule has 0 saturated carbocycles. The van der Waals surface area contributed by atoms with E-state index in [1.807, 2.05) is 0 Å². The van der Waals surface area contributed by atoms with Crippen molar-refractivity contribution in [1.82, 2.24) is 9.97 Å². The highest BCUT2D eigenvalue weighted by atomic mass is 35.5. The normalized spacial score (nSPS) is 10.3. The zero-order valence-corrected chi connectivity index (χ0v) is 11.5. The predicted octanol–water partition coefficient (Wildman–Crippen LogP) is 2.51. The smallest absolute Gasteiger partial charge is 0.332 e. The van der Waals surface area contributed by atoms with E-state index in [-0.39, 0.29) is 33.9 Å². The van der Waals surface area contributed by atoms with E-state index < -0.39 is 10.7 Å². The molecule has 0 aliphatic carbocycles. The zero-order valence-electron chi connectivity index (χ0n) is 10.7. The molecule has 8 nitrogen and oxygen atoms in total. The lowest BCUT2D eigenvalue weighted by atomic mass is 10.3. The quantitative estimate of drug-likeness (QED) is 0.451. The van der Waals surface area contributed by atoms with Gasteiger partial charge < -0.3 is 5.32 Å². The van der Waals surface area contributed by atoms with Crippen LogP contribution in [0.4, 0.5) is 27.5 Å². The molecule has 1 heterocycles. The second kappa shape index (κ2) is 5.85. The van der Waals surface area contributed by atoms with E-state index in [2.05, 4.69) is 20.7 Å². The van der Waals surface area contributed by atoms with E-state index in [4.69, 9.17) is 17.4 Å². The first-order valence-corrected chi connectivity index (χ1v) is 6.01. The summed E-state index contributed by atoms with van der Waals surface area (Å²) >= 11 is 5.73. The standard InChI is InChI=1S/C11H10ClFN6O2/c1-5-9(19(20)21)10(17-11(15-5)18-14)16-8-3-6(12)2-7(13)4-8/h2-4H,14H2,1H3,(H2,15,16,17,18). The molecule has 0 spiro atoms. The van der Waals surface area contributed by atoms with Gasteiger partial charge in [-0.15, -0.1) is 0 Å². The number of aromatic nitrogens is 2. The van der Waals surface area contributed by atoms with Crippen molar-refractivity contribution in [3.63, 3.8) is 0 Å². The highest BCUT2D eigenvalue weighted by Gasteiger charge is 2.22. The lowest BCUT2D eigenvalue weighted by Gasteiger charge is -2.09. The van der Waals surface area contributed by atoms with Gasteiger partial charge >= 0.3 is 5.69 Å². The summed E-state index contributed by atoms with van der Waals surface area (Å²) in [4.78, 5) is 18.1. The van der Waals surface area contributed by atoms with Crippen LogP contribution in [-0.4, -0.2) is 14.9 Å². The van der Waals surface area contributed by atoms with Crippen molar-refractivity contribution in [1.29, 1.82) is 0 Å².